The highest BCUT2D eigenvalue weighted by atomic mass is 16.7. The van der Waals surface area contributed by atoms with Crippen LogP contribution in [-0.2, 0) is 9.47 Å². The number of hydrogen-bond donors (Lipinski definition) is 0. The minimum Gasteiger partial charge on any atom is -0.432 e. The van der Waals surface area contributed by atoms with Crippen LogP contribution in [0.2, 0.25) is 0 Å². The highest BCUT2D eigenvalue weighted by Gasteiger charge is 2.49. The maximum Gasteiger partial charge on any atom is 0.340 e. The van der Waals surface area contributed by atoms with Gasteiger partial charge in [0, 0.05) is 5.41 Å². The average Bonchev–Trinajstić information content (AvgIpc) is 2.89. The summed E-state index contributed by atoms with van der Waals surface area (Å²) in [4.78, 5) is 12.6. The van der Waals surface area contributed by atoms with Crippen LogP contribution in [0, 0.1) is 5.41 Å². The first-order valence-corrected chi connectivity index (χ1v) is 9.50. The van der Waals surface area contributed by atoms with Gasteiger partial charge in [-0.1, -0.05) is 45.2 Å². The fraction of sp³-hybridized carbons (Fsp3) is 0.667. The van der Waals surface area contributed by atoms with Crippen molar-refractivity contribution in [3.05, 3.63) is 35.4 Å². The molecule has 1 spiro atoms. The van der Waals surface area contributed by atoms with E-state index < -0.39 is 0 Å². The van der Waals surface area contributed by atoms with E-state index >= 15 is 0 Å². The molecule has 3 unspecified atom stereocenters. The third kappa shape index (κ3) is 3.51. The van der Waals surface area contributed by atoms with Crippen molar-refractivity contribution in [1.82, 2.24) is 0 Å². The van der Waals surface area contributed by atoms with Crippen LogP contribution in [0.4, 0.5) is 0 Å². The van der Waals surface area contributed by atoms with E-state index in [1.165, 1.54) is 24.8 Å². The van der Waals surface area contributed by atoms with Crippen molar-refractivity contribution in [2.45, 2.75) is 84.0 Å². The van der Waals surface area contributed by atoms with E-state index in [1.54, 1.807) is 0 Å². The van der Waals surface area contributed by atoms with E-state index in [2.05, 4.69) is 20.8 Å². The van der Waals surface area contributed by atoms with Gasteiger partial charge in [-0.3, -0.25) is 0 Å². The Morgan fingerprint density at radius 3 is 2.54 bits per heavy atom. The van der Waals surface area contributed by atoms with Gasteiger partial charge in [-0.25, -0.2) is 4.79 Å². The fourth-order valence-electron chi connectivity index (χ4n) is 4.27. The second-order valence-corrected chi connectivity index (χ2v) is 7.74. The van der Waals surface area contributed by atoms with Crippen molar-refractivity contribution >= 4 is 5.97 Å². The topological polar surface area (TPSA) is 35.5 Å². The molecule has 0 N–H and O–H groups in total. The minimum atomic E-state index is -0.380. The molecule has 0 aromatic heterocycles. The SMILES string of the molecule is CCC(C)c1ccc(C(=O)OC2OC(C)CC23CCCCC3)cc1. The molecule has 1 aliphatic heterocycles. The van der Waals surface area contributed by atoms with E-state index in [0.29, 0.717) is 11.5 Å². The molecule has 0 radical (unpaired) electrons. The Kier molecular flexibility index (Phi) is 5.29. The Balaban J connectivity index is 1.69. The summed E-state index contributed by atoms with van der Waals surface area (Å²) in [5.74, 6) is 0.259. The van der Waals surface area contributed by atoms with E-state index in [0.717, 1.165) is 25.7 Å². The molecule has 1 saturated heterocycles. The highest BCUT2D eigenvalue weighted by molar-refractivity contribution is 5.89. The van der Waals surface area contributed by atoms with Gasteiger partial charge < -0.3 is 9.47 Å². The van der Waals surface area contributed by atoms with Gasteiger partial charge in [-0.2, -0.15) is 0 Å². The van der Waals surface area contributed by atoms with E-state index in [1.807, 2.05) is 24.3 Å². The highest BCUT2D eigenvalue weighted by Crippen LogP contribution is 2.49. The molecule has 1 aromatic rings. The lowest BCUT2D eigenvalue weighted by molar-refractivity contribution is -0.146. The number of ether oxygens (including phenoxy) is 2. The van der Waals surface area contributed by atoms with Gasteiger partial charge in [-0.05, 0) is 56.2 Å². The number of hydrogen-bond acceptors (Lipinski definition) is 3. The van der Waals surface area contributed by atoms with Crippen molar-refractivity contribution in [2.24, 2.45) is 5.41 Å². The summed E-state index contributed by atoms with van der Waals surface area (Å²) in [6, 6.07) is 7.85. The van der Waals surface area contributed by atoms with E-state index in [9.17, 15) is 4.79 Å². The van der Waals surface area contributed by atoms with Gasteiger partial charge in [0.05, 0.1) is 11.7 Å². The molecule has 1 saturated carbocycles. The first-order valence-electron chi connectivity index (χ1n) is 9.50. The Morgan fingerprint density at radius 1 is 1.25 bits per heavy atom. The predicted octanol–water partition coefficient (Wildman–Crippen LogP) is 5.44. The molecule has 132 valence electrons. The number of esters is 1. The van der Waals surface area contributed by atoms with E-state index in [-0.39, 0.29) is 23.8 Å². The number of rotatable bonds is 4. The summed E-state index contributed by atoms with van der Waals surface area (Å²) in [5, 5.41) is 0. The fourth-order valence-corrected chi connectivity index (χ4v) is 4.27. The molecule has 1 heterocycles. The first kappa shape index (κ1) is 17.5. The lowest BCUT2D eigenvalue weighted by Crippen LogP contribution is -2.36. The smallest absolute Gasteiger partial charge is 0.340 e. The lowest BCUT2D eigenvalue weighted by Gasteiger charge is -2.36. The molecule has 0 bridgehead atoms. The molecule has 1 aromatic carbocycles. The molecule has 3 atom stereocenters. The van der Waals surface area contributed by atoms with Crippen molar-refractivity contribution in [3.8, 4) is 0 Å². The van der Waals surface area contributed by atoms with Crippen molar-refractivity contribution in [2.75, 3.05) is 0 Å². The van der Waals surface area contributed by atoms with Crippen LogP contribution < -0.4 is 0 Å². The number of carbonyl (C=O) groups is 1. The maximum atomic E-state index is 12.6. The molecular formula is C21H30O3. The van der Waals surface area contributed by atoms with Crippen LogP contribution in [0.15, 0.2) is 24.3 Å². The molecule has 3 nitrogen and oxygen atoms in total. The van der Waals surface area contributed by atoms with Gasteiger partial charge in [0.1, 0.15) is 0 Å². The normalized spacial score (nSPS) is 27.1. The molecule has 24 heavy (non-hydrogen) atoms. The van der Waals surface area contributed by atoms with Crippen LogP contribution in [0.5, 0.6) is 0 Å². The Labute approximate surface area is 145 Å². The third-order valence-electron chi connectivity index (χ3n) is 5.94. The summed E-state index contributed by atoms with van der Waals surface area (Å²) in [5.41, 5.74) is 1.93. The second kappa shape index (κ2) is 7.26. The second-order valence-electron chi connectivity index (χ2n) is 7.74. The Bertz CT molecular complexity index is 557. The first-order chi connectivity index (χ1) is 11.5. The van der Waals surface area contributed by atoms with Gasteiger partial charge in [-0.15, -0.1) is 0 Å². The van der Waals surface area contributed by atoms with Gasteiger partial charge in [0.2, 0.25) is 6.29 Å². The zero-order chi connectivity index (χ0) is 17.2. The summed E-state index contributed by atoms with van der Waals surface area (Å²) in [7, 11) is 0. The van der Waals surface area contributed by atoms with Gasteiger partial charge in [0.15, 0.2) is 0 Å². The molecular weight excluding hydrogens is 300 g/mol. The summed E-state index contributed by atoms with van der Waals surface area (Å²) in [6.45, 7) is 6.47. The molecule has 2 fully saturated rings. The van der Waals surface area contributed by atoms with Crippen LogP contribution in [0.25, 0.3) is 0 Å². The van der Waals surface area contributed by atoms with Gasteiger partial charge >= 0.3 is 5.97 Å². The largest absolute Gasteiger partial charge is 0.432 e. The molecule has 2 aliphatic rings. The third-order valence-corrected chi connectivity index (χ3v) is 5.94. The predicted molar refractivity (Wildman–Crippen MR) is 95.0 cm³/mol. The van der Waals surface area contributed by atoms with E-state index in [4.69, 9.17) is 9.47 Å². The van der Waals surface area contributed by atoms with Crippen LogP contribution in [0.3, 0.4) is 0 Å². The monoisotopic (exact) mass is 330 g/mol. The number of carbonyl (C=O) groups excluding carboxylic acids is 1. The summed E-state index contributed by atoms with van der Waals surface area (Å²) in [6.07, 6.45) is 7.85. The molecule has 1 aliphatic carbocycles. The summed E-state index contributed by atoms with van der Waals surface area (Å²) >= 11 is 0. The van der Waals surface area contributed by atoms with Crippen LogP contribution in [-0.4, -0.2) is 18.4 Å². The minimum absolute atomic E-state index is 0.0456. The zero-order valence-corrected chi connectivity index (χ0v) is 15.2. The standard InChI is InChI=1S/C21H30O3/c1-4-15(2)17-8-10-18(11-9-17)19(22)24-20-21(14-16(3)23-20)12-6-5-7-13-21/h8-11,15-16,20H,4-7,12-14H2,1-3H3. The molecule has 3 heteroatoms. The maximum absolute atomic E-state index is 12.6. The Morgan fingerprint density at radius 2 is 1.92 bits per heavy atom. The number of benzene rings is 1. The lowest BCUT2D eigenvalue weighted by atomic mass is 9.71. The van der Waals surface area contributed by atoms with Crippen molar-refractivity contribution in [1.29, 1.82) is 0 Å². The Hall–Kier alpha value is -1.35. The molecule has 0 amide bonds. The average molecular weight is 330 g/mol. The zero-order valence-electron chi connectivity index (χ0n) is 15.2. The van der Waals surface area contributed by atoms with Crippen LogP contribution in [0.1, 0.15) is 87.6 Å². The van der Waals surface area contributed by atoms with Gasteiger partial charge in [0.25, 0.3) is 0 Å². The molecule has 3 rings (SSSR count). The van der Waals surface area contributed by atoms with Crippen LogP contribution >= 0.6 is 0 Å². The quantitative estimate of drug-likeness (QED) is 0.689. The summed E-state index contributed by atoms with van der Waals surface area (Å²) < 4.78 is 11.8. The van der Waals surface area contributed by atoms with Crippen molar-refractivity contribution < 1.29 is 14.3 Å². The van der Waals surface area contributed by atoms with Crippen molar-refractivity contribution in [3.63, 3.8) is 0 Å².